The Morgan fingerprint density at radius 1 is 1.39 bits per heavy atom. The lowest BCUT2D eigenvalue weighted by molar-refractivity contribution is -0.116. The molecule has 0 bridgehead atoms. The van der Waals surface area contributed by atoms with Gasteiger partial charge in [0, 0.05) is 25.8 Å². The van der Waals surface area contributed by atoms with Gasteiger partial charge >= 0.3 is 0 Å². The van der Waals surface area contributed by atoms with Gasteiger partial charge in [-0.15, -0.1) is 0 Å². The first-order valence-electron chi connectivity index (χ1n) is 6.34. The van der Waals surface area contributed by atoms with Crippen LogP contribution in [0.15, 0.2) is 24.3 Å². The highest BCUT2D eigenvalue weighted by molar-refractivity contribution is 5.90. The first kappa shape index (κ1) is 14.7. The van der Waals surface area contributed by atoms with Crippen LogP contribution in [0.5, 0.6) is 0 Å². The van der Waals surface area contributed by atoms with Crippen LogP contribution in [0.2, 0.25) is 0 Å². The first-order valence-corrected chi connectivity index (χ1v) is 6.34. The predicted molar refractivity (Wildman–Crippen MR) is 73.6 cm³/mol. The van der Waals surface area contributed by atoms with E-state index in [-0.39, 0.29) is 5.91 Å². The number of hydrogen-bond acceptors (Lipinski definition) is 3. The number of amides is 1. The second-order valence-electron chi connectivity index (χ2n) is 4.24. The van der Waals surface area contributed by atoms with Gasteiger partial charge in [0.2, 0.25) is 5.91 Å². The zero-order chi connectivity index (χ0) is 13.2. The summed E-state index contributed by atoms with van der Waals surface area (Å²) in [5.41, 5.74) is 7.54. The highest BCUT2D eigenvalue weighted by Gasteiger charge is 2.02. The molecule has 0 radical (unpaired) electrons. The van der Waals surface area contributed by atoms with Gasteiger partial charge in [0.05, 0.1) is 0 Å². The molecule has 0 aliphatic rings. The summed E-state index contributed by atoms with van der Waals surface area (Å²) in [4.78, 5) is 11.6. The van der Waals surface area contributed by atoms with Crippen LogP contribution in [0.4, 0.5) is 5.69 Å². The molecule has 3 N–H and O–H groups in total. The fourth-order valence-corrected chi connectivity index (χ4v) is 1.71. The molecule has 0 fully saturated rings. The monoisotopic (exact) mass is 250 g/mol. The number of rotatable bonds is 8. The van der Waals surface area contributed by atoms with Crippen LogP contribution in [0, 0.1) is 0 Å². The maximum atomic E-state index is 11.6. The molecule has 0 aromatic heterocycles. The number of anilines is 1. The number of methoxy groups -OCH3 is 1. The van der Waals surface area contributed by atoms with Crippen LogP contribution < -0.4 is 11.1 Å². The van der Waals surface area contributed by atoms with Crippen LogP contribution in [0.25, 0.3) is 0 Å². The fraction of sp³-hybridized carbons (Fsp3) is 0.500. The molecule has 0 saturated heterocycles. The van der Waals surface area contributed by atoms with Gasteiger partial charge < -0.3 is 15.8 Å². The van der Waals surface area contributed by atoms with Gasteiger partial charge in [-0.05, 0) is 43.5 Å². The second-order valence-corrected chi connectivity index (χ2v) is 4.24. The Hall–Kier alpha value is -1.39. The normalized spacial score (nSPS) is 10.3. The van der Waals surface area contributed by atoms with Crippen molar-refractivity contribution < 1.29 is 9.53 Å². The second kappa shape index (κ2) is 8.66. The van der Waals surface area contributed by atoms with E-state index >= 15 is 0 Å². The van der Waals surface area contributed by atoms with E-state index in [4.69, 9.17) is 10.5 Å². The van der Waals surface area contributed by atoms with Crippen molar-refractivity contribution in [2.75, 3.05) is 25.6 Å². The van der Waals surface area contributed by atoms with Crippen LogP contribution >= 0.6 is 0 Å². The van der Waals surface area contributed by atoms with Crippen molar-refractivity contribution in [2.24, 2.45) is 5.73 Å². The van der Waals surface area contributed by atoms with Crippen LogP contribution in [0.3, 0.4) is 0 Å². The van der Waals surface area contributed by atoms with E-state index in [1.54, 1.807) is 7.11 Å². The summed E-state index contributed by atoms with van der Waals surface area (Å²) in [5, 5.41) is 2.89. The van der Waals surface area contributed by atoms with E-state index in [9.17, 15) is 4.79 Å². The molecule has 4 nitrogen and oxygen atoms in total. The Bertz CT molecular complexity index is 367. The van der Waals surface area contributed by atoms with Gasteiger partial charge in [0.15, 0.2) is 0 Å². The smallest absolute Gasteiger partial charge is 0.224 e. The number of aryl methyl sites for hydroxylation is 1. The van der Waals surface area contributed by atoms with Gasteiger partial charge in [-0.2, -0.15) is 0 Å². The molecule has 0 atom stereocenters. The third kappa shape index (κ3) is 5.80. The van der Waals surface area contributed by atoms with Crippen molar-refractivity contribution in [3.63, 3.8) is 0 Å². The quantitative estimate of drug-likeness (QED) is 0.693. The highest BCUT2D eigenvalue weighted by atomic mass is 16.5. The maximum absolute atomic E-state index is 11.6. The van der Waals surface area contributed by atoms with Crippen molar-refractivity contribution >= 4 is 11.6 Å². The lowest BCUT2D eigenvalue weighted by atomic mass is 10.1. The molecule has 0 saturated carbocycles. The van der Waals surface area contributed by atoms with E-state index < -0.39 is 0 Å². The van der Waals surface area contributed by atoms with Crippen molar-refractivity contribution in [3.05, 3.63) is 29.8 Å². The summed E-state index contributed by atoms with van der Waals surface area (Å²) in [7, 11) is 1.64. The number of nitrogens with one attached hydrogen (secondary N) is 1. The summed E-state index contributed by atoms with van der Waals surface area (Å²) in [5.74, 6) is 0.0306. The third-order valence-corrected chi connectivity index (χ3v) is 2.63. The molecule has 18 heavy (non-hydrogen) atoms. The Morgan fingerprint density at radius 2 is 2.22 bits per heavy atom. The van der Waals surface area contributed by atoms with Crippen LogP contribution in [0.1, 0.15) is 24.8 Å². The topological polar surface area (TPSA) is 64.3 Å². The van der Waals surface area contributed by atoms with Crippen molar-refractivity contribution in [3.8, 4) is 0 Å². The van der Waals surface area contributed by atoms with Crippen LogP contribution in [-0.2, 0) is 16.0 Å². The predicted octanol–water partition coefficient (Wildman–Crippen LogP) is 1.94. The third-order valence-electron chi connectivity index (χ3n) is 2.63. The number of benzene rings is 1. The van der Waals surface area contributed by atoms with Crippen molar-refractivity contribution in [2.45, 2.75) is 25.7 Å². The molecule has 0 aliphatic carbocycles. The largest absolute Gasteiger partial charge is 0.385 e. The number of ether oxygens (including phenoxy) is 1. The van der Waals surface area contributed by atoms with E-state index in [0.717, 1.165) is 24.9 Å². The Balaban J connectivity index is 2.43. The minimum Gasteiger partial charge on any atom is -0.385 e. The summed E-state index contributed by atoms with van der Waals surface area (Å²) in [6.07, 6.45) is 3.14. The van der Waals surface area contributed by atoms with Gasteiger partial charge in [0.25, 0.3) is 0 Å². The number of nitrogens with two attached hydrogens (primary N) is 1. The molecule has 0 unspecified atom stereocenters. The first-order chi connectivity index (χ1) is 8.76. The maximum Gasteiger partial charge on any atom is 0.224 e. The summed E-state index contributed by atoms with van der Waals surface area (Å²) >= 11 is 0. The molecule has 0 spiro atoms. The molecule has 100 valence electrons. The van der Waals surface area contributed by atoms with E-state index in [0.29, 0.717) is 19.6 Å². The summed E-state index contributed by atoms with van der Waals surface area (Å²) < 4.78 is 4.91. The van der Waals surface area contributed by atoms with Crippen molar-refractivity contribution in [1.29, 1.82) is 0 Å². The van der Waals surface area contributed by atoms with Gasteiger partial charge in [-0.3, -0.25) is 4.79 Å². The number of carbonyl (C=O) groups excluding carboxylic acids is 1. The number of carbonyl (C=O) groups is 1. The summed E-state index contributed by atoms with van der Waals surface area (Å²) in [6, 6.07) is 7.91. The molecule has 4 heteroatoms. The lowest BCUT2D eigenvalue weighted by Crippen LogP contribution is -2.12. The van der Waals surface area contributed by atoms with Crippen LogP contribution in [-0.4, -0.2) is 26.2 Å². The van der Waals surface area contributed by atoms with Gasteiger partial charge in [-0.1, -0.05) is 12.1 Å². The molecule has 1 aromatic carbocycles. The average molecular weight is 250 g/mol. The highest BCUT2D eigenvalue weighted by Crippen LogP contribution is 2.12. The molecule has 1 aromatic rings. The van der Waals surface area contributed by atoms with Crippen molar-refractivity contribution in [1.82, 2.24) is 0 Å². The zero-order valence-electron chi connectivity index (χ0n) is 10.9. The van der Waals surface area contributed by atoms with E-state index in [2.05, 4.69) is 11.4 Å². The Labute approximate surface area is 109 Å². The number of hydrogen-bond donors (Lipinski definition) is 2. The standard InChI is InChI=1S/C14H22N2O2/c1-18-10-4-8-14(17)16-13-7-2-5-12(11-13)6-3-9-15/h2,5,7,11H,3-4,6,8-10,15H2,1H3,(H,16,17). The molecule has 0 aliphatic heterocycles. The summed E-state index contributed by atoms with van der Waals surface area (Å²) in [6.45, 7) is 1.30. The molecular formula is C14H22N2O2. The SMILES string of the molecule is COCCCC(=O)Nc1cccc(CCCN)c1. The molecule has 1 amide bonds. The average Bonchev–Trinajstić information content (AvgIpc) is 2.37. The minimum atomic E-state index is 0.0306. The molecule has 0 heterocycles. The minimum absolute atomic E-state index is 0.0306. The molecule has 1 rings (SSSR count). The fourth-order valence-electron chi connectivity index (χ4n) is 1.71. The molecular weight excluding hydrogens is 228 g/mol. The Kier molecular flexibility index (Phi) is 7.06. The van der Waals surface area contributed by atoms with E-state index in [1.165, 1.54) is 5.56 Å². The lowest BCUT2D eigenvalue weighted by Gasteiger charge is -2.07. The van der Waals surface area contributed by atoms with Gasteiger partial charge in [0.1, 0.15) is 0 Å². The Morgan fingerprint density at radius 3 is 2.94 bits per heavy atom. The van der Waals surface area contributed by atoms with E-state index in [1.807, 2.05) is 18.2 Å². The zero-order valence-corrected chi connectivity index (χ0v) is 10.9. The van der Waals surface area contributed by atoms with Gasteiger partial charge in [-0.25, -0.2) is 0 Å².